The van der Waals surface area contributed by atoms with E-state index >= 15 is 0 Å². The Bertz CT molecular complexity index is 409. The highest BCUT2D eigenvalue weighted by molar-refractivity contribution is 5.80. The average Bonchev–Trinajstić information content (AvgIpc) is 2.27. The van der Waals surface area contributed by atoms with Crippen LogP contribution in [0.4, 0.5) is 0 Å². The summed E-state index contributed by atoms with van der Waals surface area (Å²) in [5.41, 5.74) is 9.38. The minimum Gasteiger partial charge on any atom is -0.409 e. The number of hydrogen-bond acceptors (Lipinski definition) is 3. The van der Waals surface area contributed by atoms with Crippen LogP contribution in [0.1, 0.15) is 30.0 Å². The molecule has 1 aromatic carbocycles. The number of oxime groups is 1. The Labute approximate surface area is 109 Å². The van der Waals surface area contributed by atoms with Gasteiger partial charge in [-0.1, -0.05) is 34.5 Å². The summed E-state index contributed by atoms with van der Waals surface area (Å²) in [6.45, 7) is 7.15. The molecule has 0 aliphatic carbocycles. The molecule has 0 saturated heterocycles. The van der Waals surface area contributed by atoms with E-state index in [0.717, 1.165) is 6.54 Å². The Balaban J connectivity index is 2.66. The van der Waals surface area contributed by atoms with E-state index in [-0.39, 0.29) is 11.9 Å². The predicted molar refractivity (Wildman–Crippen MR) is 74.9 cm³/mol. The summed E-state index contributed by atoms with van der Waals surface area (Å²) in [4.78, 5) is 2.20. The molecule has 0 amide bonds. The van der Waals surface area contributed by atoms with Crippen LogP contribution in [-0.2, 0) is 6.54 Å². The molecular weight excluding hydrogens is 226 g/mol. The van der Waals surface area contributed by atoms with Crippen LogP contribution in [0.2, 0.25) is 0 Å². The largest absolute Gasteiger partial charge is 0.409 e. The lowest BCUT2D eigenvalue weighted by Gasteiger charge is -2.24. The summed E-state index contributed by atoms with van der Waals surface area (Å²) in [6.07, 6.45) is 0.567. The van der Waals surface area contributed by atoms with E-state index < -0.39 is 0 Å². The highest BCUT2D eigenvalue weighted by Crippen LogP contribution is 2.13. The van der Waals surface area contributed by atoms with Crippen LogP contribution in [0.15, 0.2) is 23.4 Å². The topological polar surface area (TPSA) is 61.8 Å². The number of nitrogens with zero attached hydrogens (tertiary/aromatic N) is 2. The molecule has 1 unspecified atom stereocenters. The predicted octanol–water partition coefficient (Wildman–Crippen LogP) is 2.26. The lowest BCUT2D eigenvalue weighted by atomic mass is 10.1. The average molecular weight is 249 g/mol. The summed E-state index contributed by atoms with van der Waals surface area (Å²) < 4.78 is 0. The minimum atomic E-state index is 0.238. The summed E-state index contributed by atoms with van der Waals surface area (Å²) in [6, 6.07) is 6.80. The molecule has 0 radical (unpaired) electrons. The molecular formula is C14H23N3O. The van der Waals surface area contributed by atoms with Crippen molar-refractivity contribution >= 4 is 5.84 Å². The van der Waals surface area contributed by atoms with Crippen molar-refractivity contribution in [3.8, 4) is 0 Å². The molecule has 0 fully saturated rings. The van der Waals surface area contributed by atoms with Gasteiger partial charge in [0.1, 0.15) is 5.84 Å². The van der Waals surface area contributed by atoms with Crippen molar-refractivity contribution < 1.29 is 5.21 Å². The van der Waals surface area contributed by atoms with Gasteiger partial charge in [-0.2, -0.15) is 0 Å². The molecule has 0 aromatic heterocycles. The fourth-order valence-electron chi connectivity index (χ4n) is 2.10. The van der Waals surface area contributed by atoms with Gasteiger partial charge in [-0.3, -0.25) is 4.90 Å². The molecule has 0 heterocycles. The van der Waals surface area contributed by atoms with E-state index in [4.69, 9.17) is 10.9 Å². The van der Waals surface area contributed by atoms with Crippen LogP contribution in [0.3, 0.4) is 0 Å². The van der Waals surface area contributed by atoms with Crippen LogP contribution in [0, 0.1) is 13.8 Å². The molecule has 1 atom stereocenters. The molecule has 4 nitrogen and oxygen atoms in total. The maximum Gasteiger partial charge on any atom is 0.140 e. The van der Waals surface area contributed by atoms with Gasteiger partial charge in [-0.15, -0.1) is 0 Å². The maximum absolute atomic E-state index is 8.57. The Kier molecular flexibility index (Phi) is 5.16. The zero-order valence-corrected chi connectivity index (χ0v) is 11.6. The van der Waals surface area contributed by atoms with Gasteiger partial charge >= 0.3 is 0 Å². The summed E-state index contributed by atoms with van der Waals surface area (Å²) in [5.74, 6) is 0.273. The first-order valence-electron chi connectivity index (χ1n) is 6.16. The first-order valence-corrected chi connectivity index (χ1v) is 6.16. The fraction of sp³-hybridized carbons (Fsp3) is 0.500. The fourth-order valence-corrected chi connectivity index (χ4v) is 2.10. The third-order valence-electron chi connectivity index (χ3n) is 3.10. The highest BCUT2D eigenvalue weighted by atomic mass is 16.4. The zero-order valence-electron chi connectivity index (χ0n) is 11.6. The monoisotopic (exact) mass is 249 g/mol. The Morgan fingerprint density at radius 1 is 1.33 bits per heavy atom. The van der Waals surface area contributed by atoms with E-state index in [1.807, 2.05) is 7.05 Å². The normalized spacial score (nSPS) is 13.9. The first kappa shape index (κ1) is 14.5. The van der Waals surface area contributed by atoms with Crippen molar-refractivity contribution in [1.29, 1.82) is 0 Å². The number of benzene rings is 1. The van der Waals surface area contributed by atoms with Crippen LogP contribution >= 0.6 is 0 Å². The molecule has 18 heavy (non-hydrogen) atoms. The van der Waals surface area contributed by atoms with Gasteiger partial charge in [-0.05, 0) is 33.4 Å². The maximum atomic E-state index is 8.57. The van der Waals surface area contributed by atoms with Gasteiger partial charge in [0.05, 0.1) is 0 Å². The Hall–Kier alpha value is -1.55. The van der Waals surface area contributed by atoms with Gasteiger partial charge in [0.25, 0.3) is 0 Å². The lowest BCUT2D eigenvalue weighted by Crippen LogP contribution is -2.32. The van der Waals surface area contributed by atoms with Crippen molar-refractivity contribution in [1.82, 2.24) is 4.90 Å². The lowest BCUT2D eigenvalue weighted by molar-refractivity contribution is 0.251. The van der Waals surface area contributed by atoms with Gasteiger partial charge in [0, 0.05) is 19.0 Å². The van der Waals surface area contributed by atoms with Crippen molar-refractivity contribution in [3.05, 3.63) is 34.9 Å². The van der Waals surface area contributed by atoms with Gasteiger partial charge in [0.15, 0.2) is 0 Å². The molecule has 0 bridgehead atoms. The molecule has 3 N–H and O–H groups in total. The second-order valence-corrected chi connectivity index (χ2v) is 5.06. The van der Waals surface area contributed by atoms with E-state index in [2.05, 4.69) is 49.0 Å². The SMILES string of the molecule is Cc1cc(C)cc(CN(C)C(C)CC(N)=NO)c1. The van der Waals surface area contributed by atoms with Gasteiger partial charge in [0.2, 0.25) is 0 Å². The summed E-state index contributed by atoms with van der Waals surface area (Å²) >= 11 is 0. The van der Waals surface area contributed by atoms with E-state index in [1.165, 1.54) is 16.7 Å². The number of rotatable bonds is 5. The Morgan fingerprint density at radius 2 is 1.89 bits per heavy atom. The zero-order chi connectivity index (χ0) is 13.7. The van der Waals surface area contributed by atoms with Crippen LogP contribution in [-0.4, -0.2) is 29.0 Å². The van der Waals surface area contributed by atoms with Crippen molar-refractivity contribution in [2.45, 2.75) is 39.8 Å². The summed E-state index contributed by atoms with van der Waals surface area (Å²) in [7, 11) is 2.05. The number of hydrogen-bond donors (Lipinski definition) is 2. The molecule has 0 aliphatic rings. The third kappa shape index (κ3) is 4.37. The first-order chi connectivity index (χ1) is 8.42. The number of amidine groups is 1. The molecule has 0 saturated carbocycles. The third-order valence-corrected chi connectivity index (χ3v) is 3.10. The molecule has 1 aromatic rings. The molecule has 100 valence electrons. The highest BCUT2D eigenvalue weighted by Gasteiger charge is 2.12. The second kappa shape index (κ2) is 6.40. The van der Waals surface area contributed by atoms with Crippen LogP contribution < -0.4 is 5.73 Å². The van der Waals surface area contributed by atoms with Crippen LogP contribution in [0.5, 0.6) is 0 Å². The van der Waals surface area contributed by atoms with Crippen molar-refractivity contribution in [3.63, 3.8) is 0 Å². The second-order valence-electron chi connectivity index (χ2n) is 5.06. The van der Waals surface area contributed by atoms with E-state index in [0.29, 0.717) is 6.42 Å². The van der Waals surface area contributed by atoms with Crippen molar-refractivity contribution in [2.24, 2.45) is 10.9 Å². The number of aryl methyl sites for hydroxylation is 2. The van der Waals surface area contributed by atoms with Gasteiger partial charge in [-0.25, -0.2) is 0 Å². The van der Waals surface area contributed by atoms with Crippen LogP contribution in [0.25, 0.3) is 0 Å². The molecule has 0 spiro atoms. The summed E-state index contributed by atoms with van der Waals surface area (Å²) in [5, 5.41) is 11.6. The standard InChI is InChI=1S/C14H23N3O/c1-10-5-11(2)7-13(6-10)9-17(4)12(3)8-14(15)16-18/h5-7,12,18H,8-9H2,1-4H3,(H2,15,16). The van der Waals surface area contributed by atoms with Gasteiger partial charge < -0.3 is 10.9 Å². The minimum absolute atomic E-state index is 0.238. The smallest absolute Gasteiger partial charge is 0.140 e. The Morgan fingerprint density at radius 3 is 2.39 bits per heavy atom. The van der Waals surface area contributed by atoms with Crippen molar-refractivity contribution in [2.75, 3.05) is 7.05 Å². The van der Waals surface area contributed by atoms with E-state index in [9.17, 15) is 0 Å². The number of nitrogens with two attached hydrogens (primary N) is 1. The van der Waals surface area contributed by atoms with E-state index in [1.54, 1.807) is 0 Å². The molecule has 1 rings (SSSR count). The quantitative estimate of drug-likeness (QED) is 0.364. The molecule has 0 aliphatic heterocycles. The molecule has 4 heteroatoms.